The molecule has 0 aliphatic carbocycles. The van der Waals surface area contributed by atoms with Crippen molar-refractivity contribution in [2.75, 3.05) is 6.54 Å². The summed E-state index contributed by atoms with van der Waals surface area (Å²) in [6.45, 7) is 1.88. The predicted octanol–water partition coefficient (Wildman–Crippen LogP) is 1.68. The molecule has 1 aromatic heterocycles. The summed E-state index contributed by atoms with van der Waals surface area (Å²) in [6, 6.07) is 0.977. The fourth-order valence-electron chi connectivity index (χ4n) is 0.885. The second-order valence-corrected chi connectivity index (χ2v) is 6.91. The van der Waals surface area contributed by atoms with Crippen molar-refractivity contribution in [1.82, 2.24) is 4.72 Å². The minimum atomic E-state index is -3.62. The zero-order valence-electron chi connectivity index (χ0n) is 7.83. The standard InChI is InChI=1S/C7H10Cl2N2O2S2/c1-4(3-10)11-15(12,13)5-2-6(8)14-7(5)9/h2,4,11H,3,10H2,1H3. The van der Waals surface area contributed by atoms with Gasteiger partial charge in [-0.25, -0.2) is 13.1 Å². The van der Waals surface area contributed by atoms with Crippen molar-refractivity contribution in [3.63, 3.8) is 0 Å². The molecule has 1 unspecified atom stereocenters. The Hall–Kier alpha value is 0.150. The Morgan fingerprint density at radius 3 is 2.60 bits per heavy atom. The number of hydrogen-bond donors (Lipinski definition) is 2. The maximum atomic E-state index is 11.7. The molecule has 0 radical (unpaired) electrons. The molecule has 0 aromatic carbocycles. The van der Waals surface area contributed by atoms with E-state index in [0.29, 0.717) is 4.34 Å². The number of halogens is 2. The lowest BCUT2D eigenvalue weighted by molar-refractivity contribution is 0.563. The summed E-state index contributed by atoms with van der Waals surface area (Å²) in [7, 11) is -3.62. The van der Waals surface area contributed by atoms with Gasteiger partial charge in [-0.3, -0.25) is 0 Å². The van der Waals surface area contributed by atoms with Crippen molar-refractivity contribution in [2.45, 2.75) is 17.9 Å². The van der Waals surface area contributed by atoms with E-state index in [1.165, 1.54) is 6.07 Å². The van der Waals surface area contributed by atoms with Crippen molar-refractivity contribution in [3.8, 4) is 0 Å². The zero-order valence-corrected chi connectivity index (χ0v) is 11.0. The smallest absolute Gasteiger partial charge is 0.243 e. The third kappa shape index (κ3) is 3.30. The number of nitrogens with one attached hydrogen (secondary N) is 1. The molecule has 0 fully saturated rings. The van der Waals surface area contributed by atoms with Crippen LogP contribution in [0, 0.1) is 0 Å². The molecule has 1 heterocycles. The Labute approximate surface area is 102 Å². The maximum absolute atomic E-state index is 11.7. The van der Waals surface area contributed by atoms with Crippen LogP contribution in [0.3, 0.4) is 0 Å². The van der Waals surface area contributed by atoms with Crippen LogP contribution in [0.1, 0.15) is 6.92 Å². The number of nitrogens with two attached hydrogens (primary N) is 1. The highest BCUT2D eigenvalue weighted by Crippen LogP contribution is 2.34. The van der Waals surface area contributed by atoms with Crippen LogP contribution in [-0.2, 0) is 10.0 Å². The van der Waals surface area contributed by atoms with Crippen LogP contribution < -0.4 is 10.5 Å². The van der Waals surface area contributed by atoms with Gasteiger partial charge in [-0.15, -0.1) is 11.3 Å². The Morgan fingerprint density at radius 2 is 2.20 bits per heavy atom. The molecule has 0 amide bonds. The normalized spacial score (nSPS) is 14.1. The molecule has 1 rings (SSSR count). The van der Waals surface area contributed by atoms with Gasteiger partial charge in [0.05, 0.1) is 4.34 Å². The second-order valence-electron chi connectivity index (χ2n) is 2.95. The third-order valence-corrected chi connectivity index (χ3v) is 4.97. The second kappa shape index (κ2) is 4.99. The molecule has 0 saturated heterocycles. The van der Waals surface area contributed by atoms with Crippen molar-refractivity contribution < 1.29 is 8.42 Å². The Morgan fingerprint density at radius 1 is 1.60 bits per heavy atom. The number of sulfonamides is 1. The summed E-state index contributed by atoms with van der Waals surface area (Å²) in [6.07, 6.45) is 0. The molecular weight excluding hydrogens is 279 g/mol. The predicted molar refractivity (Wildman–Crippen MR) is 63.2 cm³/mol. The SMILES string of the molecule is CC(CN)NS(=O)(=O)c1cc(Cl)sc1Cl. The van der Waals surface area contributed by atoms with E-state index in [-0.39, 0.29) is 21.8 Å². The number of rotatable bonds is 4. The van der Waals surface area contributed by atoms with Crippen LogP contribution in [0.15, 0.2) is 11.0 Å². The van der Waals surface area contributed by atoms with E-state index in [0.717, 1.165) is 11.3 Å². The highest BCUT2D eigenvalue weighted by molar-refractivity contribution is 7.89. The van der Waals surface area contributed by atoms with Gasteiger partial charge in [-0.05, 0) is 13.0 Å². The molecule has 4 nitrogen and oxygen atoms in total. The fourth-order valence-corrected chi connectivity index (χ4v) is 4.29. The Balaban J connectivity index is 3.01. The number of thiophene rings is 1. The van der Waals surface area contributed by atoms with Gasteiger partial charge in [-0.1, -0.05) is 23.2 Å². The van der Waals surface area contributed by atoms with E-state index in [1.54, 1.807) is 6.92 Å². The summed E-state index contributed by atoms with van der Waals surface area (Å²) in [4.78, 5) is -0.000494. The van der Waals surface area contributed by atoms with Gasteiger partial charge >= 0.3 is 0 Å². The zero-order chi connectivity index (χ0) is 11.6. The van der Waals surface area contributed by atoms with Crippen molar-refractivity contribution >= 4 is 44.6 Å². The van der Waals surface area contributed by atoms with Crippen LogP contribution in [0.5, 0.6) is 0 Å². The minimum absolute atomic E-state index is 0.000494. The maximum Gasteiger partial charge on any atom is 0.243 e. The van der Waals surface area contributed by atoms with Crippen LogP contribution >= 0.6 is 34.5 Å². The lowest BCUT2D eigenvalue weighted by Crippen LogP contribution is -2.37. The van der Waals surface area contributed by atoms with Gasteiger partial charge in [0.15, 0.2) is 0 Å². The summed E-state index contributed by atoms with van der Waals surface area (Å²) in [5, 5.41) is 0. The van der Waals surface area contributed by atoms with Crippen molar-refractivity contribution in [2.24, 2.45) is 5.73 Å². The Bertz CT molecular complexity index is 444. The highest BCUT2D eigenvalue weighted by atomic mass is 35.5. The van der Waals surface area contributed by atoms with E-state index < -0.39 is 10.0 Å². The molecule has 0 aliphatic heterocycles. The van der Waals surface area contributed by atoms with Crippen LogP contribution in [0.2, 0.25) is 8.67 Å². The van der Waals surface area contributed by atoms with E-state index in [4.69, 9.17) is 28.9 Å². The first-order valence-electron chi connectivity index (χ1n) is 4.04. The topological polar surface area (TPSA) is 72.2 Å². The van der Waals surface area contributed by atoms with Gasteiger partial charge < -0.3 is 5.73 Å². The van der Waals surface area contributed by atoms with Crippen LogP contribution in [0.25, 0.3) is 0 Å². The van der Waals surface area contributed by atoms with Gasteiger partial charge in [-0.2, -0.15) is 0 Å². The average molecular weight is 289 g/mol. The fraction of sp³-hybridized carbons (Fsp3) is 0.429. The molecule has 0 bridgehead atoms. The molecule has 1 aromatic rings. The van der Waals surface area contributed by atoms with Gasteiger partial charge in [0.2, 0.25) is 10.0 Å². The Kier molecular flexibility index (Phi) is 4.39. The van der Waals surface area contributed by atoms with Gasteiger partial charge in [0.1, 0.15) is 9.23 Å². The monoisotopic (exact) mass is 288 g/mol. The lowest BCUT2D eigenvalue weighted by atomic mass is 10.4. The van der Waals surface area contributed by atoms with E-state index in [9.17, 15) is 8.42 Å². The minimum Gasteiger partial charge on any atom is -0.329 e. The largest absolute Gasteiger partial charge is 0.329 e. The molecule has 0 spiro atoms. The van der Waals surface area contributed by atoms with E-state index >= 15 is 0 Å². The first-order chi connectivity index (χ1) is 6.86. The quantitative estimate of drug-likeness (QED) is 0.885. The average Bonchev–Trinajstić information content (AvgIpc) is 2.45. The lowest BCUT2D eigenvalue weighted by Gasteiger charge is -2.10. The molecule has 86 valence electrons. The molecule has 1 atom stereocenters. The molecule has 15 heavy (non-hydrogen) atoms. The summed E-state index contributed by atoms with van der Waals surface area (Å²) in [5.41, 5.74) is 5.32. The van der Waals surface area contributed by atoms with Crippen molar-refractivity contribution in [3.05, 3.63) is 14.7 Å². The molecule has 3 N–H and O–H groups in total. The number of hydrogen-bond acceptors (Lipinski definition) is 4. The molecule has 0 aliphatic rings. The van der Waals surface area contributed by atoms with E-state index in [2.05, 4.69) is 4.72 Å². The third-order valence-electron chi connectivity index (χ3n) is 1.62. The van der Waals surface area contributed by atoms with Gasteiger partial charge in [0.25, 0.3) is 0 Å². The molecule has 0 saturated carbocycles. The first kappa shape index (κ1) is 13.2. The van der Waals surface area contributed by atoms with Crippen LogP contribution in [-0.4, -0.2) is 21.0 Å². The van der Waals surface area contributed by atoms with Crippen LogP contribution in [0.4, 0.5) is 0 Å². The summed E-state index contributed by atoms with van der Waals surface area (Å²) in [5.74, 6) is 0. The molecule has 8 heteroatoms. The summed E-state index contributed by atoms with van der Waals surface area (Å²) >= 11 is 12.4. The highest BCUT2D eigenvalue weighted by Gasteiger charge is 2.22. The summed E-state index contributed by atoms with van der Waals surface area (Å²) < 4.78 is 26.3. The van der Waals surface area contributed by atoms with Gasteiger partial charge in [0, 0.05) is 12.6 Å². The molecular formula is C7H10Cl2N2O2S2. The van der Waals surface area contributed by atoms with E-state index in [1.807, 2.05) is 0 Å². The van der Waals surface area contributed by atoms with Crippen molar-refractivity contribution in [1.29, 1.82) is 0 Å². The first-order valence-corrected chi connectivity index (χ1v) is 7.09.